The minimum absolute atomic E-state index is 0.00684. The molecule has 0 radical (unpaired) electrons. The smallest absolute Gasteiger partial charge is 0.228 e. The van der Waals surface area contributed by atoms with Crippen LogP contribution < -0.4 is 0 Å². The van der Waals surface area contributed by atoms with Gasteiger partial charge in [0.25, 0.3) is 0 Å². The molecule has 0 amide bonds. The summed E-state index contributed by atoms with van der Waals surface area (Å²) >= 11 is 5.92. The molecule has 3 rings (SSSR count). The summed E-state index contributed by atoms with van der Waals surface area (Å²) in [5.41, 5.74) is 1.62. The van der Waals surface area contributed by atoms with Crippen molar-refractivity contribution in [1.29, 1.82) is 0 Å². The molecule has 0 bridgehead atoms. The Balaban J connectivity index is 1.88. The van der Waals surface area contributed by atoms with Crippen LogP contribution >= 0.6 is 11.6 Å². The molecule has 28 heavy (non-hydrogen) atoms. The second-order valence-corrected chi connectivity index (χ2v) is 13.3. The molecular formula is C20H24ClNO4S2. The fraction of sp³-hybridized carbons (Fsp3) is 0.400. The van der Waals surface area contributed by atoms with Crippen LogP contribution in [-0.2, 0) is 19.9 Å². The topological polar surface area (TPSA) is 71.5 Å². The van der Waals surface area contributed by atoms with E-state index in [2.05, 4.69) is 0 Å². The molecule has 1 aliphatic rings. The van der Waals surface area contributed by atoms with Crippen molar-refractivity contribution >= 4 is 31.5 Å². The predicted molar refractivity (Wildman–Crippen MR) is 113 cm³/mol. The lowest BCUT2D eigenvalue weighted by Crippen LogP contribution is -2.39. The zero-order valence-corrected chi connectivity index (χ0v) is 18.5. The van der Waals surface area contributed by atoms with E-state index in [1.165, 1.54) is 4.31 Å². The van der Waals surface area contributed by atoms with Gasteiger partial charge in [-0.15, -0.1) is 0 Å². The SMILES string of the molecule is CC(C)(C)S(=O)(=O)[C@H]1CCN(S(=O)(=O)c2cccc(-c3ccc(Cl)cc3)c2)C1. The number of rotatable bonds is 4. The highest BCUT2D eigenvalue weighted by atomic mass is 35.5. The maximum atomic E-state index is 13.1. The van der Waals surface area contributed by atoms with E-state index in [9.17, 15) is 16.8 Å². The average Bonchev–Trinajstić information content (AvgIpc) is 3.13. The molecular weight excluding hydrogens is 418 g/mol. The Morgan fingerprint density at radius 3 is 2.21 bits per heavy atom. The van der Waals surface area contributed by atoms with Crippen molar-refractivity contribution in [3.8, 4) is 11.1 Å². The summed E-state index contributed by atoms with van der Waals surface area (Å²) < 4.78 is 52.0. The molecule has 0 unspecified atom stereocenters. The van der Waals surface area contributed by atoms with E-state index in [1.54, 1.807) is 51.1 Å². The molecule has 1 aliphatic heterocycles. The van der Waals surface area contributed by atoms with Crippen molar-refractivity contribution in [3.05, 3.63) is 53.6 Å². The zero-order chi connectivity index (χ0) is 20.7. The first kappa shape index (κ1) is 21.3. The highest BCUT2D eigenvalue weighted by Crippen LogP contribution is 2.31. The maximum absolute atomic E-state index is 13.1. The van der Waals surface area contributed by atoms with Gasteiger partial charge in [-0.2, -0.15) is 4.31 Å². The molecule has 2 aromatic carbocycles. The van der Waals surface area contributed by atoms with Gasteiger partial charge in [0.2, 0.25) is 10.0 Å². The van der Waals surface area contributed by atoms with Crippen LogP contribution in [0.3, 0.4) is 0 Å². The van der Waals surface area contributed by atoms with Crippen LogP contribution in [0, 0.1) is 0 Å². The van der Waals surface area contributed by atoms with Gasteiger partial charge < -0.3 is 0 Å². The van der Waals surface area contributed by atoms with Crippen molar-refractivity contribution < 1.29 is 16.8 Å². The average molecular weight is 442 g/mol. The first-order valence-corrected chi connectivity index (χ1v) is 12.4. The minimum atomic E-state index is -3.77. The first-order valence-electron chi connectivity index (χ1n) is 9.02. The Kier molecular flexibility index (Phi) is 5.66. The molecule has 152 valence electrons. The molecule has 5 nitrogen and oxygen atoms in total. The van der Waals surface area contributed by atoms with Gasteiger partial charge in [-0.05, 0) is 62.6 Å². The van der Waals surface area contributed by atoms with Crippen molar-refractivity contribution in [3.63, 3.8) is 0 Å². The van der Waals surface area contributed by atoms with Crippen LogP contribution in [0.15, 0.2) is 53.4 Å². The number of halogens is 1. The third-order valence-electron chi connectivity index (χ3n) is 5.05. The van der Waals surface area contributed by atoms with Gasteiger partial charge in [0.15, 0.2) is 9.84 Å². The van der Waals surface area contributed by atoms with Gasteiger partial charge in [0.1, 0.15) is 0 Å². The predicted octanol–water partition coefficient (Wildman–Crippen LogP) is 3.98. The summed E-state index contributed by atoms with van der Waals surface area (Å²) in [5.74, 6) is 0. The molecule has 0 saturated carbocycles. The standard InChI is InChI=1S/C20H24ClNO4S2/c1-20(2,3)27(23,24)19-11-12-22(14-19)28(25,26)18-6-4-5-16(13-18)15-7-9-17(21)10-8-15/h4-10,13,19H,11-12,14H2,1-3H3/t19-/m0/s1. The highest BCUT2D eigenvalue weighted by Gasteiger charge is 2.43. The Hall–Kier alpha value is -1.41. The molecule has 0 aliphatic carbocycles. The molecule has 1 saturated heterocycles. The lowest BCUT2D eigenvalue weighted by Gasteiger charge is -2.24. The Labute approximate surface area is 172 Å². The van der Waals surface area contributed by atoms with Gasteiger partial charge in [-0.25, -0.2) is 16.8 Å². The molecule has 2 aromatic rings. The maximum Gasteiger partial charge on any atom is 0.243 e. The van der Waals surface area contributed by atoms with E-state index in [0.29, 0.717) is 11.4 Å². The minimum Gasteiger partial charge on any atom is -0.228 e. The lowest BCUT2D eigenvalue weighted by atomic mass is 10.1. The van der Waals surface area contributed by atoms with Gasteiger partial charge >= 0.3 is 0 Å². The monoisotopic (exact) mass is 441 g/mol. The molecule has 1 fully saturated rings. The van der Waals surface area contributed by atoms with Crippen LogP contribution in [0.1, 0.15) is 27.2 Å². The molecule has 8 heteroatoms. The van der Waals surface area contributed by atoms with Crippen molar-refractivity contribution in [1.82, 2.24) is 4.31 Å². The number of hydrogen-bond donors (Lipinski definition) is 0. The Morgan fingerprint density at radius 1 is 0.964 bits per heavy atom. The summed E-state index contributed by atoms with van der Waals surface area (Å²) in [7, 11) is -7.20. The molecule has 1 atom stereocenters. The van der Waals surface area contributed by atoms with Gasteiger partial charge in [-0.1, -0.05) is 35.9 Å². The number of sulfone groups is 1. The fourth-order valence-corrected chi connectivity index (χ4v) is 6.86. The molecule has 0 aromatic heterocycles. The van der Waals surface area contributed by atoms with Crippen molar-refractivity contribution in [2.24, 2.45) is 0 Å². The molecule has 1 heterocycles. The number of sulfonamides is 1. The van der Waals surface area contributed by atoms with Gasteiger partial charge in [0.05, 0.1) is 14.9 Å². The van der Waals surface area contributed by atoms with E-state index in [4.69, 9.17) is 11.6 Å². The molecule has 0 N–H and O–H groups in total. The second kappa shape index (κ2) is 7.44. The van der Waals surface area contributed by atoms with Gasteiger partial charge in [0, 0.05) is 18.1 Å². The molecule has 0 spiro atoms. The van der Waals surface area contributed by atoms with Crippen LogP contribution in [0.5, 0.6) is 0 Å². The van der Waals surface area contributed by atoms with E-state index < -0.39 is 29.9 Å². The number of benzene rings is 2. The van der Waals surface area contributed by atoms with E-state index in [-0.39, 0.29) is 18.0 Å². The second-order valence-electron chi connectivity index (χ2n) is 7.97. The summed E-state index contributed by atoms with van der Waals surface area (Å²) in [6, 6.07) is 13.8. The zero-order valence-electron chi connectivity index (χ0n) is 16.1. The largest absolute Gasteiger partial charge is 0.243 e. The van der Waals surface area contributed by atoms with E-state index in [1.807, 2.05) is 18.2 Å². The van der Waals surface area contributed by atoms with E-state index in [0.717, 1.165) is 11.1 Å². The highest BCUT2D eigenvalue weighted by molar-refractivity contribution is 7.93. The van der Waals surface area contributed by atoms with Crippen LogP contribution in [0.2, 0.25) is 5.02 Å². The van der Waals surface area contributed by atoms with Crippen LogP contribution in [0.25, 0.3) is 11.1 Å². The Bertz CT molecular complexity index is 1070. The third kappa shape index (κ3) is 3.99. The van der Waals surface area contributed by atoms with Crippen LogP contribution in [0.4, 0.5) is 0 Å². The Morgan fingerprint density at radius 2 is 1.61 bits per heavy atom. The number of hydrogen-bond acceptors (Lipinski definition) is 4. The summed E-state index contributed by atoms with van der Waals surface area (Å²) in [6.07, 6.45) is 0.315. The van der Waals surface area contributed by atoms with Crippen molar-refractivity contribution in [2.45, 2.75) is 42.1 Å². The van der Waals surface area contributed by atoms with E-state index >= 15 is 0 Å². The quantitative estimate of drug-likeness (QED) is 0.719. The summed E-state index contributed by atoms with van der Waals surface area (Å²) in [6.45, 7) is 5.14. The first-order chi connectivity index (χ1) is 12.9. The summed E-state index contributed by atoms with van der Waals surface area (Å²) in [4.78, 5) is 0.161. The number of nitrogens with zero attached hydrogens (tertiary/aromatic N) is 1. The summed E-state index contributed by atoms with van der Waals surface area (Å²) in [5, 5.41) is -0.0718. The van der Waals surface area contributed by atoms with Crippen LogP contribution in [-0.4, -0.2) is 44.2 Å². The van der Waals surface area contributed by atoms with Crippen molar-refractivity contribution in [2.75, 3.05) is 13.1 Å². The van der Waals surface area contributed by atoms with Gasteiger partial charge in [-0.3, -0.25) is 0 Å². The lowest BCUT2D eigenvalue weighted by molar-refractivity contribution is 0.475. The normalized spacial score (nSPS) is 19.1. The fourth-order valence-electron chi connectivity index (χ4n) is 3.30. The third-order valence-corrected chi connectivity index (χ3v) is 10.1.